The molecule has 0 aromatic carbocycles. The summed E-state index contributed by atoms with van der Waals surface area (Å²) < 4.78 is 5.61. The Morgan fingerprint density at radius 2 is 1.48 bits per heavy atom. The zero-order valence-corrected chi connectivity index (χ0v) is 17.5. The van der Waals surface area contributed by atoms with Crippen molar-refractivity contribution in [1.29, 1.82) is 0 Å². The van der Waals surface area contributed by atoms with Gasteiger partial charge in [0.25, 0.3) is 0 Å². The Bertz CT molecular complexity index is 384. The molecule has 0 bridgehead atoms. The molecule has 27 heavy (non-hydrogen) atoms. The summed E-state index contributed by atoms with van der Waals surface area (Å²) in [5.41, 5.74) is 0. The summed E-state index contributed by atoms with van der Waals surface area (Å²) in [5, 5.41) is 22.2. The van der Waals surface area contributed by atoms with Gasteiger partial charge in [0.1, 0.15) is 0 Å². The zero-order valence-electron chi connectivity index (χ0n) is 17.5. The number of hydrogen-bond acceptors (Lipinski definition) is 4. The summed E-state index contributed by atoms with van der Waals surface area (Å²) in [6.07, 6.45) is 22.9. The molecule has 0 aromatic heterocycles. The first-order valence-corrected chi connectivity index (χ1v) is 11.2. The SMILES string of the molecule is CCCCC/C=C\C/C=C\CCCCCCCCOC[C@H]1NC[C@H](O)[C@@H]1O. The van der Waals surface area contributed by atoms with Crippen molar-refractivity contribution in [3.63, 3.8) is 0 Å². The van der Waals surface area contributed by atoms with Crippen LogP contribution >= 0.6 is 0 Å². The molecular weight excluding hydrogens is 338 g/mol. The van der Waals surface area contributed by atoms with Crippen LogP contribution in [-0.2, 0) is 4.74 Å². The van der Waals surface area contributed by atoms with E-state index in [4.69, 9.17) is 4.74 Å². The molecule has 1 fully saturated rings. The molecule has 1 heterocycles. The van der Waals surface area contributed by atoms with Crippen molar-refractivity contribution in [3.05, 3.63) is 24.3 Å². The molecule has 0 radical (unpaired) electrons. The van der Waals surface area contributed by atoms with E-state index >= 15 is 0 Å². The first kappa shape index (κ1) is 24.4. The van der Waals surface area contributed by atoms with E-state index in [1.54, 1.807) is 0 Å². The lowest BCUT2D eigenvalue weighted by Gasteiger charge is -2.15. The van der Waals surface area contributed by atoms with Gasteiger partial charge in [0.05, 0.1) is 24.9 Å². The molecule has 0 unspecified atom stereocenters. The van der Waals surface area contributed by atoms with Gasteiger partial charge in [-0.25, -0.2) is 0 Å². The Hall–Kier alpha value is -0.680. The van der Waals surface area contributed by atoms with Crippen molar-refractivity contribution in [3.8, 4) is 0 Å². The van der Waals surface area contributed by atoms with Crippen molar-refractivity contribution in [1.82, 2.24) is 5.32 Å². The van der Waals surface area contributed by atoms with E-state index in [-0.39, 0.29) is 6.04 Å². The van der Waals surface area contributed by atoms with E-state index in [0.29, 0.717) is 13.2 Å². The minimum atomic E-state index is -0.694. The molecule has 4 nitrogen and oxygen atoms in total. The molecule has 3 N–H and O–H groups in total. The number of aliphatic hydroxyl groups is 2. The van der Waals surface area contributed by atoms with Crippen LogP contribution in [0.15, 0.2) is 24.3 Å². The van der Waals surface area contributed by atoms with Crippen LogP contribution in [0.1, 0.15) is 84.0 Å². The molecule has 158 valence electrons. The molecule has 0 aromatic rings. The van der Waals surface area contributed by atoms with E-state index < -0.39 is 12.2 Å². The van der Waals surface area contributed by atoms with Gasteiger partial charge in [0.2, 0.25) is 0 Å². The van der Waals surface area contributed by atoms with Gasteiger partial charge in [-0.1, -0.05) is 69.8 Å². The first-order chi connectivity index (χ1) is 13.3. The number of β-amino-alcohol motifs (C(OH)–C–C–N with tert-alkyl or cyclic N) is 1. The van der Waals surface area contributed by atoms with Crippen molar-refractivity contribution >= 4 is 0 Å². The highest BCUT2D eigenvalue weighted by Crippen LogP contribution is 2.10. The van der Waals surface area contributed by atoms with Crippen LogP contribution < -0.4 is 5.32 Å². The summed E-state index contributed by atoms with van der Waals surface area (Å²) in [6, 6.07) is -0.121. The van der Waals surface area contributed by atoms with Crippen LogP contribution in [0, 0.1) is 0 Å². The van der Waals surface area contributed by atoms with Crippen molar-refractivity contribution in [2.45, 2.75) is 102 Å². The summed E-state index contributed by atoms with van der Waals surface area (Å²) in [7, 11) is 0. The Morgan fingerprint density at radius 3 is 2.11 bits per heavy atom. The standard InChI is InChI=1S/C23H43NO3/c1-2-3-4-5-6-7-8-9-10-11-12-13-14-15-16-17-18-27-20-21-23(26)22(25)19-24-21/h6-7,9-10,21-26H,2-5,8,11-20H2,1H3/b7-6-,10-9-/t21-,22+,23-/m1/s1. The fraction of sp³-hybridized carbons (Fsp3) is 0.826. The van der Waals surface area contributed by atoms with Crippen LogP contribution in [0.2, 0.25) is 0 Å². The lowest BCUT2D eigenvalue weighted by atomic mass is 10.1. The third-order valence-electron chi connectivity index (χ3n) is 5.18. The minimum Gasteiger partial charge on any atom is -0.389 e. The molecule has 0 amide bonds. The normalized spacial score (nSPS) is 23.1. The van der Waals surface area contributed by atoms with Gasteiger partial charge < -0.3 is 20.3 Å². The molecule has 0 saturated carbocycles. The molecule has 1 aliphatic rings. The van der Waals surface area contributed by atoms with E-state index in [1.807, 2.05) is 0 Å². The number of allylic oxidation sites excluding steroid dienone is 4. The van der Waals surface area contributed by atoms with Crippen LogP contribution in [0.4, 0.5) is 0 Å². The van der Waals surface area contributed by atoms with Crippen LogP contribution in [0.5, 0.6) is 0 Å². The fourth-order valence-electron chi connectivity index (χ4n) is 3.34. The maximum Gasteiger partial charge on any atom is 0.0986 e. The molecular formula is C23H43NO3. The van der Waals surface area contributed by atoms with E-state index in [9.17, 15) is 10.2 Å². The Labute approximate surface area is 167 Å². The van der Waals surface area contributed by atoms with Crippen LogP contribution in [0.3, 0.4) is 0 Å². The third-order valence-corrected chi connectivity index (χ3v) is 5.18. The number of unbranched alkanes of at least 4 members (excludes halogenated alkanes) is 9. The van der Waals surface area contributed by atoms with Gasteiger partial charge in [-0.05, 0) is 38.5 Å². The van der Waals surface area contributed by atoms with Gasteiger partial charge >= 0.3 is 0 Å². The van der Waals surface area contributed by atoms with Gasteiger partial charge in [0, 0.05) is 13.2 Å². The Balaban J connectivity index is 1.77. The zero-order chi connectivity index (χ0) is 19.6. The predicted molar refractivity (Wildman–Crippen MR) is 114 cm³/mol. The Morgan fingerprint density at radius 1 is 0.852 bits per heavy atom. The number of rotatable bonds is 17. The third kappa shape index (κ3) is 13.2. The molecule has 1 aliphatic heterocycles. The van der Waals surface area contributed by atoms with Gasteiger partial charge in [-0.3, -0.25) is 0 Å². The maximum absolute atomic E-state index is 9.70. The maximum atomic E-state index is 9.70. The highest BCUT2D eigenvalue weighted by Gasteiger charge is 2.32. The molecule has 1 rings (SSSR count). The van der Waals surface area contributed by atoms with E-state index in [0.717, 1.165) is 19.4 Å². The Kier molecular flexibility index (Phi) is 15.7. The second-order valence-corrected chi connectivity index (χ2v) is 7.73. The van der Waals surface area contributed by atoms with Crippen molar-refractivity contribution in [2.24, 2.45) is 0 Å². The molecule has 4 heteroatoms. The molecule has 3 atom stereocenters. The monoisotopic (exact) mass is 381 g/mol. The predicted octanol–water partition coefficient (Wildman–Crippen LogP) is 4.51. The lowest BCUT2D eigenvalue weighted by Crippen LogP contribution is -2.37. The van der Waals surface area contributed by atoms with Crippen molar-refractivity contribution in [2.75, 3.05) is 19.8 Å². The second kappa shape index (κ2) is 17.4. The van der Waals surface area contributed by atoms with Crippen LogP contribution in [-0.4, -0.2) is 48.2 Å². The summed E-state index contributed by atoms with van der Waals surface area (Å²) in [6.45, 7) is 3.94. The number of hydrogen-bond donors (Lipinski definition) is 3. The van der Waals surface area contributed by atoms with Crippen LogP contribution in [0.25, 0.3) is 0 Å². The van der Waals surface area contributed by atoms with Gasteiger partial charge in [-0.2, -0.15) is 0 Å². The number of ether oxygens (including phenoxy) is 1. The summed E-state index contributed by atoms with van der Waals surface area (Å²) >= 11 is 0. The fourth-order valence-corrected chi connectivity index (χ4v) is 3.34. The molecule has 1 saturated heterocycles. The largest absolute Gasteiger partial charge is 0.389 e. The smallest absolute Gasteiger partial charge is 0.0986 e. The second-order valence-electron chi connectivity index (χ2n) is 7.73. The average molecular weight is 382 g/mol. The number of aliphatic hydroxyl groups excluding tert-OH is 2. The van der Waals surface area contributed by atoms with Crippen molar-refractivity contribution < 1.29 is 14.9 Å². The highest BCUT2D eigenvalue weighted by molar-refractivity contribution is 4.92. The first-order valence-electron chi connectivity index (χ1n) is 11.2. The summed E-state index contributed by atoms with van der Waals surface area (Å²) in [5.74, 6) is 0. The topological polar surface area (TPSA) is 61.7 Å². The lowest BCUT2D eigenvalue weighted by molar-refractivity contribution is 0.0148. The van der Waals surface area contributed by atoms with E-state index in [1.165, 1.54) is 64.2 Å². The van der Waals surface area contributed by atoms with Gasteiger partial charge in [0.15, 0.2) is 0 Å². The quantitative estimate of drug-likeness (QED) is 0.256. The minimum absolute atomic E-state index is 0.121. The van der Waals surface area contributed by atoms with Gasteiger partial charge in [-0.15, -0.1) is 0 Å². The average Bonchev–Trinajstić information content (AvgIpc) is 2.99. The summed E-state index contributed by atoms with van der Waals surface area (Å²) in [4.78, 5) is 0. The molecule has 0 spiro atoms. The molecule has 0 aliphatic carbocycles. The number of nitrogens with one attached hydrogen (secondary N) is 1. The van der Waals surface area contributed by atoms with E-state index in [2.05, 4.69) is 36.5 Å². The highest BCUT2D eigenvalue weighted by atomic mass is 16.5.